The normalized spacial score (nSPS) is 16.9. The van der Waals surface area contributed by atoms with Crippen molar-refractivity contribution in [1.29, 1.82) is 0 Å². The highest BCUT2D eigenvalue weighted by Crippen LogP contribution is 2.32. The zero-order chi connectivity index (χ0) is 23.3. The summed E-state index contributed by atoms with van der Waals surface area (Å²) in [5, 5.41) is 6.91. The van der Waals surface area contributed by atoms with Crippen molar-refractivity contribution in [3.05, 3.63) is 60.7 Å². The Hall–Kier alpha value is -3.09. The lowest BCUT2D eigenvalue weighted by molar-refractivity contribution is 0.415. The van der Waals surface area contributed by atoms with E-state index in [4.69, 9.17) is 9.72 Å². The Kier molecular flexibility index (Phi) is 6.97. The number of nitrogens with zero attached hydrogens (tertiary/aromatic N) is 3. The average Bonchev–Trinajstić information content (AvgIpc) is 2.93. The standard InChI is InChI=1S/C28H35N5O/c1-32(23-11-13-29-14-12-23)25-19-27(31-28(20-25)22-5-9-26(34-2)10-6-22)21-3-7-24(8-4-21)33-17-15-30-16-18-33/h3-10,19-20,23,29-30H,11-18H2,1-2H3. The molecule has 0 bridgehead atoms. The molecule has 6 nitrogen and oxygen atoms in total. The Morgan fingerprint density at radius 3 is 1.97 bits per heavy atom. The molecule has 2 saturated heterocycles. The average molecular weight is 458 g/mol. The maximum Gasteiger partial charge on any atom is 0.118 e. The Labute approximate surface area is 203 Å². The summed E-state index contributed by atoms with van der Waals surface area (Å²) in [5.41, 5.74) is 6.74. The van der Waals surface area contributed by atoms with Crippen LogP contribution in [0.25, 0.3) is 22.5 Å². The van der Waals surface area contributed by atoms with E-state index in [0.29, 0.717) is 6.04 Å². The summed E-state index contributed by atoms with van der Waals surface area (Å²) >= 11 is 0. The van der Waals surface area contributed by atoms with Crippen LogP contribution in [0.3, 0.4) is 0 Å². The quantitative estimate of drug-likeness (QED) is 0.583. The summed E-state index contributed by atoms with van der Waals surface area (Å²) in [7, 11) is 3.92. The third-order valence-electron chi connectivity index (χ3n) is 7.10. The fourth-order valence-corrected chi connectivity index (χ4v) is 4.95. The molecule has 0 aliphatic carbocycles. The lowest BCUT2D eigenvalue weighted by Gasteiger charge is -2.33. The van der Waals surface area contributed by atoms with Gasteiger partial charge in [0, 0.05) is 61.8 Å². The predicted molar refractivity (Wildman–Crippen MR) is 141 cm³/mol. The first kappa shape index (κ1) is 22.7. The van der Waals surface area contributed by atoms with Gasteiger partial charge >= 0.3 is 0 Å². The number of aromatic nitrogens is 1. The molecule has 2 aliphatic heterocycles. The molecular weight excluding hydrogens is 422 g/mol. The molecule has 3 aromatic rings. The number of methoxy groups -OCH3 is 1. The summed E-state index contributed by atoms with van der Waals surface area (Å²) in [4.78, 5) is 9.98. The van der Waals surface area contributed by atoms with Crippen molar-refractivity contribution in [3.8, 4) is 28.3 Å². The Morgan fingerprint density at radius 2 is 1.38 bits per heavy atom. The Morgan fingerprint density at radius 1 is 0.824 bits per heavy atom. The van der Waals surface area contributed by atoms with Gasteiger partial charge in [-0.15, -0.1) is 0 Å². The van der Waals surface area contributed by atoms with Crippen LogP contribution in [-0.4, -0.2) is 64.5 Å². The fourth-order valence-electron chi connectivity index (χ4n) is 4.95. The van der Waals surface area contributed by atoms with Crippen LogP contribution in [0.5, 0.6) is 5.75 Å². The topological polar surface area (TPSA) is 52.7 Å². The molecule has 2 fully saturated rings. The number of piperazine rings is 1. The van der Waals surface area contributed by atoms with Crippen LogP contribution < -0.4 is 25.2 Å². The van der Waals surface area contributed by atoms with Crippen LogP contribution in [0.2, 0.25) is 0 Å². The molecule has 2 N–H and O–H groups in total. The molecule has 178 valence electrons. The second-order valence-corrected chi connectivity index (χ2v) is 9.20. The van der Waals surface area contributed by atoms with E-state index in [2.05, 4.69) is 76.0 Å². The third-order valence-corrected chi connectivity index (χ3v) is 7.10. The number of benzene rings is 2. The second kappa shape index (κ2) is 10.5. The number of rotatable bonds is 6. The number of piperidine rings is 1. The van der Waals surface area contributed by atoms with E-state index in [-0.39, 0.29) is 0 Å². The van der Waals surface area contributed by atoms with Crippen molar-refractivity contribution >= 4 is 11.4 Å². The van der Waals surface area contributed by atoms with Gasteiger partial charge in [0.1, 0.15) is 5.75 Å². The van der Waals surface area contributed by atoms with Crippen LogP contribution >= 0.6 is 0 Å². The fraction of sp³-hybridized carbons (Fsp3) is 0.393. The first-order valence-corrected chi connectivity index (χ1v) is 12.4. The number of nitrogens with one attached hydrogen (secondary N) is 2. The summed E-state index contributed by atoms with van der Waals surface area (Å²) < 4.78 is 5.36. The van der Waals surface area contributed by atoms with E-state index in [1.54, 1.807) is 7.11 Å². The molecule has 0 saturated carbocycles. The third kappa shape index (κ3) is 5.03. The highest BCUT2D eigenvalue weighted by atomic mass is 16.5. The van der Waals surface area contributed by atoms with Gasteiger partial charge in [-0.05, 0) is 74.5 Å². The highest BCUT2D eigenvalue weighted by molar-refractivity contribution is 5.74. The van der Waals surface area contributed by atoms with Gasteiger partial charge in [0.05, 0.1) is 18.5 Å². The van der Waals surface area contributed by atoms with E-state index < -0.39 is 0 Å². The minimum atomic E-state index is 0.537. The van der Waals surface area contributed by atoms with E-state index in [1.165, 1.54) is 11.4 Å². The monoisotopic (exact) mass is 457 g/mol. The number of anilines is 2. The number of pyridine rings is 1. The molecule has 0 atom stereocenters. The number of ether oxygens (including phenoxy) is 1. The summed E-state index contributed by atoms with van der Waals surface area (Å²) in [5.74, 6) is 0.857. The van der Waals surface area contributed by atoms with Crippen molar-refractivity contribution < 1.29 is 4.74 Å². The van der Waals surface area contributed by atoms with Crippen molar-refractivity contribution in [1.82, 2.24) is 15.6 Å². The number of hydrogen-bond donors (Lipinski definition) is 2. The molecule has 5 rings (SSSR count). The van der Waals surface area contributed by atoms with Gasteiger partial charge < -0.3 is 25.2 Å². The highest BCUT2D eigenvalue weighted by Gasteiger charge is 2.20. The van der Waals surface area contributed by atoms with Crippen LogP contribution in [0, 0.1) is 0 Å². The molecule has 0 radical (unpaired) electrons. The van der Waals surface area contributed by atoms with Crippen molar-refractivity contribution in [2.45, 2.75) is 18.9 Å². The molecule has 6 heteroatoms. The summed E-state index contributed by atoms with van der Waals surface area (Å²) in [6, 6.07) is 22.1. The van der Waals surface area contributed by atoms with Crippen molar-refractivity contribution in [2.75, 3.05) is 63.2 Å². The largest absolute Gasteiger partial charge is 0.497 e. The van der Waals surface area contributed by atoms with Crippen LogP contribution in [0.1, 0.15) is 12.8 Å². The van der Waals surface area contributed by atoms with Gasteiger partial charge in [-0.25, -0.2) is 4.98 Å². The Bertz CT molecular complexity index is 1070. The van der Waals surface area contributed by atoms with Gasteiger partial charge in [-0.1, -0.05) is 12.1 Å². The predicted octanol–water partition coefficient (Wildman–Crippen LogP) is 4.02. The lowest BCUT2D eigenvalue weighted by atomic mass is 10.0. The summed E-state index contributed by atoms with van der Waals surface area (Å²) in [6.07, 6.45) is 2.32. The minimum Gasteiger partial charge on any atom is -0.497 e. The van der Waals surface area contributed by atoms with Gasteiger partial charge in [0.15, 0.2) is 0 Å². The van der Waals surface area contributed by atoms with E-state index >= 15 is 0 Å². The molecular formula is C28H35N5O. The van der Waals surface area contributed by atoms with Crippen LogP contribution in [-0.2, 0) is 0 Å². The maximum absolute atomic E-state index is 5.36. The smallest absolute Gasteiger partial charge is 0.118 e. The summed E-state index contributed by atoms with van der Waals surface area (Å²) in [6.45, 7) is 6.34. The SMILES string of the molecule is COc1ccc(-c2cc(N(C)C3CCNCC3)cc(-c3ccc(N4CCNCC4)cc3)n2)cc1. The van der Waals surface area contributed by atoms with E-state index in [9.17, 15) is 0 Å². The molecule has 2 aromatic carbocycles. The van der Waals surface area contributed by atoms with E-state index in [1.807, 2.05) is 12.1 Å². The zero-order valence-electron chi connectivity index (χ0n) is 20.3. The zero-order valence-corrected chi connectivity index (χ0v) is 20.3. The first-order valence-electron chi connectivity index (χ1n) is 12.4. The molecule has 1 aromatic heterocycles. The lowest BCUT2D eigenvalue weighted by Crippen LogP contribution is -2.43. The second-order valence-electron chi connectivity index (χ2n) is 9.20. The van der Waals surface area contributed by atoms with Crippen LogP contribution in [0.4, 0.5) is 11.4 Å². The van der Waals surface area contributed by atoms with Crippen molar-refractivity contribution in [3.63, 3.8) is 0 Å². The van der Waals surface area contributed by atoms with Crippen molar-refractivity contribution in [2.24, 2.45) is 0 Å². The first-order chi connectivity index (χ1) is 16.7. The Balaban J connectivity index is 1.49. The maximum atomic E-state index is 5.36. The van der Waals surface area contributed by atoms with Gasteiger partial charge in [0.25, 0.3) is 0 Å². The number of hydrogen-bond acceptors (Lipinski definition) is 6. The molecule has 3 heterocycles. The van der Waals surface area contributed by atoms with Gasteiger partial charge in [-0.2, -0.15) is 0 Å². The molecule has 0 spiro atoms. The van der Waals surface area contributed by atoms with Crippen LogP contribution in [0.15, 0.2) is 60.7 Å². The molecule has 2 aliphatic rings. The minimum absolute atomic E-state index is 0.537. The van der Waals surface area contributed by atoms with Gasteiger partial charge in [-0.3, -0.25) is 0 Å². The molecule has 34 heavy (non-hydrogen) atoms. The molecule has 0 amide bonds. The van der Waals surface area contributed by atoms with E-state index in [0.717, 1.165) is 80.4 Å². The van der Waals surface area contributed by atoms with Gasteiger partial charge in [0.2, 0.25) is 0 Å². The molecule has 0 unspecified atom stereocenters.